The van der Waals surface area contributed by atoms with Crippen LogP contribution in [0.2, 0.25) is 0 Å². The summed E-state index contributed by atoms with van der Waals surface area (Å²) in [6.07, 6.45) is 4.15. The normalized spacial score (nSPS) is 22.3. The molecule has 5 heteroatoms. The number of benzene rings is 1. The van der Waals surface area contributed by atoms with Crippen molar-refractivity contribution in [3.63, 3.8) is 0 Å². The van der Waals surface area contributed by atoms with Crippen LogP contribution in [0, 0.1) is 0 Å². The summed E-state index contributed by atoms with van der Waals surface area (Å²) in [6, 6.07) is 7.63. The van der Waals surface area contributed by atoms with Gasteiger partial charge >= 0.3 is 5.97 Å². The van der Waals surface area contributed by atoms with Crippen LogP contribution in [0.4, 0.5) is 0 Å². The van der Waals surface area contributed by atoms with Crippen molar-refractivity contribution < 1.29 is 19.1 Å². The van der Waals surface area contributed by atoms with Crippen molar-refractivity contribution in [2.75, 3.05) is 7.11 Å². The average Bonchev–Trinajstić information content (AvgIpc) is 2.99. The Kier molecular flexibility index (Phi) is 4.05. The van der Waals surface area contributed by atoms with Gasteiger partial charge in [-0.1, -0.05) is 37.5 Å². The van der Waals surface area contributed by atoms with Crippen LogP contribution in [0.1, 0.15) is 37.7 Å². The van der Waals surface area contributed by atoms with Gasteiger partial charge in [0.1, 0.15) is 11.3 Å². The molecule has 0 radical (unpaired) electrons. The number of nitrogens with one attached hydrogen (secondary N) is 1. The third kappa shape index (κ3) is 2.67. The second-order valence-electron chi connectivity index (χ2n) is 6.04. The number of esters is 1. The highest BCUT2D eigenvalue weighted by Crippen LogP contribution is 2.32. The minimum absolute atomic E-state index is 0.233. The summed E-state index contributed by atoms with van der Waals surface area (Å²) in [4.78, 5) is 24.7. The molecular weight excluding hydrogens is 282 g/mol. The Morgan fingerprint density at radius 1 is 1.23 bits per heavy atom. The quantitative estimate of drug-likeness (QED) is 0.867. The molecule has 0 saturated heterocycles. The number of rotatable bonds is 3. The molecule has 2 aliphatic rings. The Bertz CT molecular complexity index is 553. The van der Waals surface area contributed by atoms with Crippen molar-refractivity contribution in [2.24, 2.45) is 0 Å². The fraction of sp³-hybridized carbons (Fsp3) is 0.529. The van der Waals surface area contributed by atoms with E-state index in [1.165, 1.54) is 7.11 Å². The minimum atomic E-state index is -0.887. The average molecular weight is 303 g/mol. The fourth-order valence-electron chi connectivity index (χ4n) is 3.38. The van der Waals surface area contributed by atoms with Crippen LogP contribution in [0.3, 0.4) is 0 Å². The number of hydrogen-bond donors (Lipinski definition) is 1. The summed E-state index contributed by atoms with van der Waals surface area (Å²) in [5.41, 5.74) is 0.140. The van der Waals surface area contributed by atoms with E-state index in [-0.39, 0.29) is 11.9 Å². The molecule has 0 unspecified atom stereocenters. The Morgan fingerprint density at radius 2 is 1.95 bits per heavy atom. The zero-order valence-electron chi connectivity index (χ0n) is 12.8. The topological polar surface area (TPSA) is 64.6 Å². The molecule has 1 saturated carbocycles. The van der Waals surface area contributed by atoms with Crippen molar-refractivity contribution in [2.45, 2.75) is 50.2 Å². The zero-order chi connectivity index (χ0) is 15.6. The third-order valence-corrected chi connectivity index (χ3v) is 4.59. The molecule has 22 heavy (non-hydrogen) atoms. The maximum absolute atomic E-state index is 12.6. The van der Waals surface area contributed by atoms with Gasteiger partial charge in [-0.3, -0.25) is 4.79 Å². The molecule has 1 aliphatic heterocycles. The van der Waals surface area contributed by atoms with Crippen molar-refractivity contribution in [3.8, 4) is 5.75 Å². The van der Waals surface area contributed by atoms with Gasteiger partial charge in [-0.2, -0.15) is 0 Å². The molecule has 1 fully saturated rings. The number of fused-ring (bicyclic) bond motifs is 1. The number of carbonyl (C=O) groups is 2. The highest BCUT2D eigenvalue weighted by molar-refractivity contribution is 5.90. The summed E-state index contributed by atoms with van der Waals surface area (Å²) in [5, 5.41) is 2.92. The largest absolute Gasteiger partial charge is 0.480 e. The maximum atomic E-state index is 12.6. The number of methoxy groups -OCH3 is 1. The van der Waals surface area contributed by atoms with E-state index in [0.717, 1.165) is 30.6 Å². The monoisotopic (exact) mass is 303 g/mol. The van der Waals surface area contributed by atoms with Crippen LogP contribution in [0.15, 0.2) is 24.3 Å². The first-order valence-corrected chi connectivity index (χ1v) is 7.80. The molecule has 0 aromatic heterocycles. The molecule has 1 aromatic carbocycles. The van der Waals surface area contributed by atoms with Crippen LogP contribution < -0.4 is 10.1 Å². The van der Waals surface area contributed by atoms with Gasteiger partial charge in [-0.05, 0) is 24.5 Å². The predicted molar refractivity (Wildman–Crippen MR) is 80.5 cm³/mol. The van der Waals surface area contributed by atoms with Crippen molar-refractivity contribution in [1.29, 1.82) is 0 Å². The molecule has 1 aromatic rings. The van der Waals surface area contributed by atoms with Crippen LogP contribution >= 0.6 is 0 Å². The molecule has 0 bridgehead atoms. The summed E-state index contributed by atoms with van der Waals surface area (Å²) < 4.78 is 10.6. The van der Waals surface area contributed by atoms with Crippen LogP contribution in [-0.4, -0.2) is 30.6 Å². The highest BCUT2D eigenvalue weighted by Gasteiger charge is 2.44. The SMILES string of the molecule is COC(=O)C1(NC(=O)[C@H]2Cc3ccccc3O2)CCCCC1. The Hall–Kier alpha value is -2.04. The van der Waals surface area contributed by atoms with E-state index in [1.807, 2.05) is 24.3 Å². The van der Waals surface area contributed by atoms with Gasteiger partial charge in [0, 0.05) is 6.42 Å². The molecule has 1 amide bonds. The first kappa shape index (κ1) is 14.9. The molecule has 1 atom stereocenters. The molecule has 5 nitrogen and oxygen atoms in total. The van der Waals surface area contributed by atoms with E-state index < -0.39 is 11.6 Å². The van der Waals surface area contributed by atoms with E-state index in [9.17, 15) is 9.59 Å². The lowest BCUT2D eigenvalue weighted by molar-refractivity contribution is -0.153. The summed E-state index contributed by atoms with van der Waals surface area (Å²) in [5.74, 6) is 0.165. The molecular formula is C17H21NO4. The lowest BCUT2D eigenvalue weighted by atomic mass is 9.81. The standard InChI is InChI=1S/C17H21NO4/c1-21-16(20)17(9-5-2-6-10-17)18-15(19)14-11-12-7-3-4-8-13(12)22-14/h3-4,7-8,14H,2,5-6,9-11H2,1H3,(H,18,19)/t14-/m1/s1. The fourth-order valence-corrected chi connectivity index (χ4v) is 3.38. The van der Waals surface area contributed by atoms with Gasteiger partial charge in [0.2, 0.25) is 0 Å². The van der Waals surface area contributed by atoms with Crippen molar-refractivity contribution in [1.82, 2.24) is 5.32 Å². The number of carbonyl (C=O) groups excluding carboxylic acids is 2. The minimum Gasteiger partial charge on any atom is -0.480 e. The summed E-state index contributed by atoms with van der Waals surface area (Å²) in [6.45, 7) is 0. The van der Waals surface area contributed by atoms with Crippen LogP contribution in [-0.2, 0) is 20.7 Å². The van der Waals surface area contributed by atoms with Gasteiger partial charge in [-0.15, -0.1) is 0 Å². The van der Waals surface area contributed by atoms with Crippen molar-refractivity contribution in [3.05, 3.63) is 29.8 Å². The van der Waals surface area contributed by atoms with E-state index in [1.54, 1.807) is 0 Å². The first-order valence-electron chi connectivity index (χ1n) is 7.80. The number of amides is 1. The van der Waals surface area contributed by atoms with E-state index in [0.29, 0.717) is 19.3 Å². The zero-order valence-corrected chi connectivity index (χ0v) is 12.8. The number of para-hydroxylation sites is 1. The predicted octanol–water partition coefficient (Wildman–Crippen LogP) is 1.98. The Morgan fingerprint density at radius 3 is 2.64 bits per heavy atom. The van der Waals surface area contributed by atoms with Crippen LogP contribution in [0.5, 0.6) is 5.75 Å². The molecule has 1 heterocycles. The van der Waals surface area contributed by atoms with E-state index >= 15 is 0 Å². The lowest BCUT2D eigenvalue weighted by Gasteiger charge is -2.35. The second-order valence-corrected chi connectivity index (χ2v) is 6.04. The van der Waals surface area contributed by atoms with Gasteiger partial charge in [0.05, 0.1) is 7.11 Å². The molecule has 1 N–H and O–H groups in total. The second kappa shape index (κ2) is 5.99. The number of ether oxygens (including phenoxy) is 2. The first-order chi connectivity index (χ1) is 10.6. The lowest BCUT2D eigenvalue weighted by Crippen LogP contribution is -2.58. The van der Waals surface area contributed by atoms with Crippen LogP contribution in [0.25, 0.3) is 0 Å². The van der Waals surface area contributed by atoms with E-state index in [4.69, 9.17) is 9.47 Å². The molecule has 1 aliphatic carbocycles. The van der Waals surface area contributed by atoms with Gasteiger partial charge in [0.15, 0.2) is 6.10 Å². The maximum Gasteiger partial charge on any atom is 0.331 e. The number of hydrogen-bond acceptors (Lipinski definition) is 4. The van der Waals surface area contributed by atoms with Crippen molar-refractivity contribution >= 4 is 11.9 Å². The molecule has 0 spiro atoms. The summed E-state index contributed by atoms with van der Waals surface area (Å²) >= 11 is 0. The molecule has 118 valence electrons. The Balaban J connectivity index is 1.71. The molecule has 3 rings (SSSR count). The van der Waals surface area contributed by atoms with Gasteiger partial charge in [0.25, 0.3) is 5.91 Å². The third-order valence-electron chi connectivity index (χ3n) is 4.59. The van der Waals surface area contributed by atoms with E-state index in [2.05, 4.69) is 5.32 Å². The Labute approximate surface area is 130 Å². The van der Waals surface area contributed by atoms with Gasteiger partial charge < -0.3 is 14.8 Å². The van der Waals surface area contributed by atoms with Gasteiger partial charge in [-0.25, -0.2) is 4.79 Å². The summed E-state index contributed by atoms with van der Waals surface area (Å²) in [7, 11) is 1.37. The smallest absolute Gasteiger partial charge is 0.331 e. The highest BCUT2D eigenvalue weighted by atomic mass is 16.5.